The number of anilines is 3. The molecule has 5 rings (SSSR count). The van der Waals surface area contributed by atoms with Gasteiger partial charge in [-0.25, -0.2) is 4.68 Å². The predicted molar refractivity (Wildman–Crippen MR) is 136 cm³/mol. The zero-order valence-electron chi connectivity index (χ0n) is 20.7. The average molecular weight is 465 g/mol. The maximum atomic E-state index is 13.3. The second kappa shape index (κ2) is 9.06. The van der Waals surface area contributed by atoms with E-state index < -0.39 is 0 Å². The van der Waals surface area contributed by atoms with Crippen LogP contribution < -0.4 is 20.3 Å². The van der Waals surface area contributed by atoms with Gasteiger partial charge in [-0.05, 0) is 49.9 Å². The summed E-state index contributed by atoms with van der Waals surface area (Å²) in [5, 5.41) is 4.58. The van der Waals surface area contributed by atoms with Crippen LogP contribution in [0.15, 0.2) is 35.1 Å². The molecule has 34 heavy (non-hydrogen) atoms. The number of carbonyl (C=O) groups excluding carboxylic acids is 1. The Morgan fingerprint density at radius 2 is 1.62 bits per heavy atom. The number of piperidine rings is 1. The van der Waals surface area contributed by atoms with Gasteiger partial charge in [-0.15, -0.1) is 0 Å². The molecule has 3 aliphatic rings. The Labute approximate surface area is 201 Å². The minimum atomic E-state index is -0.236. The molecule has 0 N–H and O–H groups in total. The van der Waals surface area contributed by atoms with Gasteiger partial charge in [-0.3, -0.25) is 9.59 Å². The second-order valence-corrected chi connectivity index (χ2v) is 10.7. The second-order valence-electron chi connectivity index (χ2n) is 10.7. The minimum absolute atomic E-state index is 0.0375. The predicted octanol–water partition coefficient (Wildman–Crippen LogP) is 2.21. The SMILES string of the molecule is CN1CCN(c2cccc3c2CCN3C(=O)Cn2nc(N3CCC(C)(C)CC3)ccc2=O)CC1. The van der Waals surface area contributed by atoms with Gasteiger partial charge in [0.1, 0.15) is 12.4 Å². The molecule has 8 nitrogen and oxygen atoms in total. The smallest absolute Gasteiger partial charge is 0.267 e. The van der Waals surface area contributed by atoms with Crippen LogP contribution in [0.2, 0.25) is 0 Å². The van der Waals surface area contributed by atoms with E-state index in [-0.39, 0.29) is 18.0 Å². The molecule has 1 aromatic carbocycles. The Morgan fingerprint density at radius 3 is 2.35 bits per heavy atom. The highest BCUT2D eigenvalue weighted by atomic mass is 16.2. The van der Waals surface area contributed by atoms with E-state index in [1.807, 2.05) is 17.0 Å². The van der Waals surface area contributed by atoms with Gasteiger partial charge in [0.2, 0.25) is 5.91 Å². The number of likely N-dealkylation sites (N-methyl/N-ethyl adjacent to an activating group) is 1. The van der Waals surface area contributed by atoms with Gasteiger partial charge in [-0.1, -0.05) is 19.9 Å². The van der Waals surface area contributed by atoms with Crippen molar-refractivity contribution in [3.05, 3.63) is 46.2 Å². The maximum absolute atomic E-state index is 13.3. The van der Waals surface area contributed by atoms with Crippen LogP contribution in [-0.4, -0.2) is 73.4 Å². The Hall–Kier alpha value is -2.87. The number of piperazine rings is 1. The highest BCUT2D eigenvalue weighted by Gasteiger charge is 2.30. The molecule has 2 saturated heterocycles. The van der Waals surface area contributed by atoms with Crippen molar-refractivity contribution in [2.24, 2.45) is 5.41 Å². The summed E-state index contributed by atoms with van der Waals surface area (Å²) in [6, 6.07) is 9.57. The molecule has 182 valence electrons. The van der Waals surface area contributed by atoms with Crippen molar-refractivity contribution in [1.29, 1.82) is 0 Å². The molecule has 1 aromatic heterocycles. The van der Waals surface area contributed by atoms with Gasteiger partial charge in [0.05, 0.1) is 0 Å². The molecule has 4 heterocycles. The Balaban J connectivity index is 1.32. The van der Waals surface area contributed by atoms with Crippen molar-refractivity contribution in [2.75, 3.05) is 67.6 Å². The third kappa shape index (κ3) is 4.56. The van der Waals surface area contributed by atoms with Crippen LogP contribution in [0.1, 0.15) is 32.3 Å². The molecule has 0 saturated carbocycles. The Bertz CT molecular complexity index is 1110. The van der Waals surface area contributed by atoms with E-state index in [2.05, 4.69) is 46.8 Å². The lowest BCUT2D eigenvalue weighted by molar-refractivity contribution is -0.119. The first-order valence-corrected chi connectivity index (χ1v) is 12.5. The molecule has 0 unspecified atom stereocenters. The number of hydrogen-bond donors (Lipinski definition) is 0. The van der Waals surface area contributed by atoms with E-state index in [0.29, 0.717) is 12.0 Å². The molecule has 3 aliphatic heterocycles. The number of rotatable bonds is 4. The van der Waals surface area contributed by atoms with E-state index in [1.54, 1.807) is 12.1 Å². The van der Waals surface area contributed by atoms with Crippen LogP contribution >= 0.6 is 0 Å². The van der Waals surface area contributed by atoms with Crippen molar-refractivity contribution in [3.63, 3.8) is 0 Å². The van der Waals surface area contributed by atoms with Gasteiger partial charge in [-0.2, -0.15) is 5.10 Å². The molecule has 0 radical (unpaired) electrons. The van der Waals surface area contributed by atoms with Gasteiger partial charge in [0.25, 0.3) is 5.56 Å². The fourth-order valence-electron chi connectivity index (χ4n) is 5.29. The molecule has 2 fully saturated rings. The molecule has 1 amide bonds. The van der Waals surface area contributed by atoms with Crippen molar-refractivity contribution < 1.29 is 4.79 Å². The highest BCUT2D eigenvalue weighted by molar-refractivity contribution is 5.96. The minimum Gasteiger partial charge on any atom is -0.369 e. The van der Waals surface area contributed by atoms with Crippen LogP contribution in [0.25, 0.3) is 0 Å². The fraction of sp³-hybridized carbons (Fsp3) is 0.577. The molecule has 0 spiro atoms. The number of benzene rings is 1. The maximum Gasteiger partial charge on any atom is 0.267 e. The lowest BCUT2D eigenvalue weighted by Gasteiger charge is -2.37. The van der Waals surface area contributed by atoms with E-state index >= 15 is 0 Å². The quantitative estimate of drug-likeness (QED) is 0.691. The van der Waals surface area contributed by atoms with Crippen molar-refractivity contribution >= 4 is 23.1 Å². The molecule has 8 heteroatoms. The van der Waals surface area contributed by atoms with Gasteiger partial charge >= 0.3 is 0 Å². The number of hydrogen-bond acceptors (Lipinski definition) is 6. The normalized spacial score (nSPS) is 20.5. The summed E-state index contributed by atoms with van der Waals surface area (Å²) in [7, 11) is 2.16. The molecule has 2 aromatic rings. The Morgan fingerprint density at radius 1 is 0.912 bits per heavy atom. The largest absolute Gasteiger partial charge is 0.369 e. The summed E-state index contributed by atoms with van der Waals surface area (Å²) in [6.45, 7) is 11.1. The zero-order chi connectivity index (χ0) is 23.9. The van der Waals surface area contributed by atoms with Gasteiger partial charge in [0.15, 0.2) is 0 Å². The number of carbonyl (C=O) groups is 1. The number of nitrogens with zero attached hydrogens (tertiary/aromatic N) is 6. The summed E-state index contributed by atoms with van der Waals surface area (Å²) < 4.78 is 1.33. The van der Waals surface area contributed by atoms with Crippen molar-refractivity contribution in [1.82, 2.24) is 14.7 Å². The first kappa shape index (κ1) is 22.9. The van der Waals surface area contributed by atoms with Crippen molar-refractivity contribution in [2.45, 2.75) is 39.7 Å². The van der Waals surface area contributed by atoms with Crippen LogP contribution in [0.4, 0.5) is 17.2 Å². The molecule has 0 bridgehead atoms. The van der Waals surface area contributed by atoms with E-state index in [9.17, 15) is 9.59 Å². The zero-order valence-corrected chi connectivity index (χ0v) is 20.7. The van der Waals surface area contributed by atoms with Crippen LogP contribution in [0, 0.1) is 5.41 Å². The van der Waals surface area contributed by atoms with E-state index in [4.69, 9.17) is 0 Å². The number of amides is 1. The Kier molecular flexibility index (Phi) is 6.10. The van der Waals surface area contributed by atoms with Crippen molar-refractivity contribution in [3.8, 4) is 0 Å². The lowest BCUT2D eigenvalue weighted by Crippen LogP contribution is -2.44. The number of aromatic nitrogens is 2. The summed E-state index contributed by atoms with van der Waals surface area (Å²) >= 11 is 0. The first-order chi connectivity index (χ1) is 16.3. The number of fused-ring (bicyclic) bond motifs is 1. The lowest BCUT2D eigenvalue weighted by atomic mass is 9.83. The highest BCUT2D eigenvalue weighted by Crippen LogP contribution is 2.36. The summed E-state index contributed by atoms with van der Waals surface area (Å²) in [4.78, 5) is 34.7. The van der Waals surface area contributed by atoms with Crippen LogP contribution in [0.5, 0.6) is 0 Å². The summed E-state index contributed by atoms with van der Waals surface area (Å²) in [5.41, 5.74) is 3.56. The molecular formula is C26H36N6O2. The van der Waals surface area contributed by atoms with Crippen LogP contribution in [0.3, 0.4) is 0 Å². The first-order valence-electron chi connectivity index (χ1n) is 12.5. The molecule has 0 aliphatic carbocycles. The van der Waals surface area contributed by atoms with E-state index in [0.717, 1.165) is 70.0 Å². The molecular weight excluding hydrogens is 428 g/mol. The van der Waals surface area contributed by atoms with Gasteiger partial charge in [0, 0.05) is 68.8 Å². The average Bonchev–Trinajstić information content (AvgIpc) is 3.26. The third-order valence-corrected chi connectivity index (χ3v) is 7.73. The van der Waals surface area contributed by atoms with Gasteiger partial charge < -0.3 is 19.6 Å². The fourth-order valence-corrected chi connectivity index (χ4v) is 5.29. The third-order valence-electron chi connectivity index (χ3n) is 7.73. The summed E-state index contributed by atoms with van der Waals surface area (Å²) in [5.74, 6) is 0.697. The monoisotopic (exact) mass is 464 g/mol. The summed E-state index contributed by atoms with van der Waals surface area (Å²) in [6.07, 6.45) is 3.02. The van der Waals surface area contributed by atoms with E-state index in [1.165, 1.54) is 15.9 Å². The van der Waals surface area contributed by atoms with Crippen LogP contribution in [-0.2, 0) is 17.8 Å². The molecule has 0 atom stereocenters. The topological polar surface area (TPSA) is 64.9 Å². The standard InChI is InChI=1S/C26H36N6O2/c1-26(2)10-13-30(14-11-26)23-7-8-24(33)32(27-23)19-25(34)31-12-9-20-21(5-4-6-22(20)31)29-17-15-28(3)16-18-29/h4-8H,9-19H2,1-3H3.